The van der Waals surface area contributed by atoms with E-state index in [1.54, 1.807) is 4.90 Å². The van der Waals surface area contributed by atoms with Gasteiger partial charge in [0.25, 0.3) is 0 Å². The number of piperidine rings is 2. The molecule has 1 N–H and O–H groups in total. The van der Waals surface area contributed by atoms with Gasteiger partial charge in [-0.05, 0) is 25.7 Å². The van der Waals surface area contributed by atoms with E-state index >= 15 is 0 Å². The average Bonchev–Trinajstić information content (AvgIpc) is 2.58. The Labute approximate surface area is 140 Å². The minimum atomic E-state index is 0.283. The maximum atomic E-state index is 12.7. The highest BCUT2D eigenvalue weighted by molar-refractivity contribution is 5.79. The summed E-state index contributed by atoms with van der Waals surface area (Å²) in [5.41, 5.74) is 2.74. The molecule has 1 aromatic rings. The monoisotopic (exact) mass is 315 g/mol. The third-order valence-electron chi connectivity index (χ3n) is 5.71. The van der Waals surface area contributed by atoms with Gasteiger partial charge in [-0.1, -0.05) is 36.8 Å². The van der Waals surface area contributed by atoms with Crippen LogP contribution in [0.25, 0.3) is 0 Å². The summed E-state index contributed by atoms with van der Waals surface area (Å²) in [7, 11) is 0. The largest absolute Gasteiger partial charge is 0.342 e. The maximum Gasteiger partial charge on any atom is 0.226 e. The minimum Gasteiger partial charge on any atom is -0.342 e. The number of hydrogen-bond acceptors (Lipinski definition) is 1. The third kappa shape index (κ3) is 4.35. The van der Waals surface area contributed by atoms with Crippen LogP contribution >= 0.6 is 0 Å². The summed E-state index contributed by atoms with van der Waals surface area (Å²) in [5.74, 6) is 1.51. The molecule has 1 aromatic carbocycles. The van der Waals surface area contributed by atoms with Crippen LogP contribution in [0.15, 0.2) is 24.3 Å². The first-order chi connectivity index (χ1) is 11.1. The summed E-state index contributed by atoms with van der Waals surface area (Å²) in [5, 5.41) is 0. The second kappa shape index (κ2) is 7.48. The number of quaternary nitrogens is 1. The molecule has 0 atom stereocenters. The van der Waals surface area contributed by atoms with Crippen molar-refractivity contribution in [2.24, 2.45) is 11.8 Å². The Morgan fingerprint density at radius 1 is 1.09 bits per heavy atom. The molecule has 3 nitrogen and oxygen atoms in total. The fraction of sp³-hybridized carbons (Fsp3) is 0.650. The molecule has 0 spiro atoms. The lowest BCUT2D eigenvalue weighted by atomic mass is 9.92. The minimum absolute atomic E-state index is 0.283. The molecule has 0 aliphatic carbocycles. The molecule has 2 aliphatic heterocycles. The summed E-state index contributed by atoms with van der Waals surface area (Å²) >= 11 is 0. The molecule has 0 saturated carbocycles. The summed E-state index contributed by atoms with van der Waals surface area (Å²) in [6.45, 7) is 9.77. The lowest BCUT2D eigenvalue weighted by molar-refractivity contribution is -0.919. The normalized spacial score (nSPS) is 26.3. The highest BCUT2D eigenvalue weighted by atomic mass is 16.2. The van der Waals surface area contributed by atoms with E-state index < -0.39 is 0 Å². The zero-order chi connectivity index (χ0) is 16.2. The molecule has 2 heterocycles. The number of benzene rings is 1. The van der Waals surface area contributed by atoms with E-state index in [0.29, 0.717) is 5.91 Å². The Bertz CT molecular complexity index is 509. The van der Waals surface area contributed by atoms with E-state index in [1.165, 1.54) is 24.0 Å². The van der Waals surface area contributed by atoms with Gasteiger partial charge in [0.2, 0.25) is 5.91 Å². The van der Waals surface area contributed by atoms with E-state index in [0.717, 1.165) is 51.5 Å². The molecule has 3 heteroatoms. The zero-order valence-corrected chi connectivity index (χ0v) is 14.7. The number of likely N-dealkylation sites (tertiary alicyclic amines) is 2. The number of nitrogens with zero attached hydrogens (tertiary/aromatic N) is 1. The molecule has 0 aromatic heterocycles. The van der Waals surface area contributed by atoms with Gasteiger partial charge >= 0.3 is 0 Å². The highest BCUT2D eigenvalue weighted by Crippen LogP contribution is 2.20. The molecule has 3 rings (SSSR count). The summed E-state index contributed by atoms with van der Waals surface area (Å²) in [6, 6.07) is 8.88. The SMILES string of the molecule is Cc1ccc(C[NH+]2CCC(C(=O)N3CCC(C)CC3)CC2)cc1. The molecule has 0 unspecified atom stereocenters. The average molecular weight is 315 g/mol. The van der Waals surface area contributed by atoms with Crippen LogP contribution in [0, 0.1) is 18.8 Å². The zero-order valence-electron chi connectivity index (χ0n) is 14.7. The highest BCUT2D eigenvalue weighted by Gasteiger charge is 2.31. The maximum absolute atomic E-state index is 12.7. The molecule has 2 aliphatic rings. The van der Waals surface area contributed by atoms with E-state index in [2.05, 4.69) is 43.0 Å². The first-order valence-electron chi connectivity index (χ1n) is 9.29. The Kier molecular flexibility index (Phi) is 5.37. The van der Waals surface area contributed by atoms with Crippen molar-refractivity contribution in [1.82, 2.24) is 4.90 Å². The van der Waals surface area contributed by atoms with Crippen LogP contribution in [0.5, 0.6) is 0 Å². The molecule has 0 radical (unpaired) electrons. The van der Waals surface area contributed by atoms with Gasteiger partial charge < -0.3 is 9.80 Å². The fourth-order valence-corrected chi connectivity index (χ4v) is 3.93. The van der Waals surface area contributed by atoms with Crippen molar-refractivity contribution in [1.29, 1.82) is 0 Å². The van der Waals surface area contributed by atoms with E-state index in [1.807, 2.05) is 0 Å². The summed E-state index contributed by atoms with van der Waals surface area (Å²) in [6.07, 6.45) is 4.49. The molecule has 0 bridgehead atoms. The lowest BCUT2D eigenvalue weighted by Crippen LogP contribution is -3.11. The van der Waals surface area contributed by atoms with Crippen LogP contribution in [0.2, 0.25) is 0 Å². The predicted octanol–water partition coefficient (Wildman–Crippen LogP) is 2.05. The van der Waals surface area contributed by atoms with Crippen molar-refractivity contribution < 1.29 is 9.69 Å². The van der Waals surface area contributed by atoms with Crippen LogP contribution in [0.3, 0.4) is 0 Å². The standard InChI is InChI=1S/C20H30N2O/c1-16-3-5-18(6-4-16)15-21-11-9-19(10-12-21)20(23)22-13-7-17(2)8-14-22/h3-6,17,19H,7-15H2,1-2H3/p+1. The number of carbonyl (C=O) groups is 1. The molecule has 23 heavy (non-hydrogen) atoms. The number of rotatable bonds is 3. The van der Waals surface area contributed by atoms with Gasteiger partial charge in [0, 0.05) is 37.4 Å². The van der Waals surface area contributed by atoms with Gasteiger partial charge in [0.15, 0.2) is 0 Å². The van der Waals surface area contributed by atoms with Gasteiger partial charge in [-0.25, -0.2) is 0 Å². The Morgan fingerprint density at radius 3 is 2.30 bits per heavy atom. The lowest BCUT2D eigenvalue weighted by Gasteiger charge is -2.35. The van der Waals surface area contributed by atoms with Gasteiger partial charge in [-0.2, -0.15) is 0 Å². The molecular formula is C20H31N2O+. The van der Waals surface area contributed by atoms with E-state index in [4.69, 9.17) is 0 Å². The van der Waals surface area contributed by atoms with Crippen LogP contribution in [0.4, 0.5) is 0 Å². The van der Waals surface area contributed by atoms with Crippen molar-refractivity contribution in [3.63, 3.8) is 0 Å². The summed E-state index contributed by atoms with van der Waals surface area (Å²) < 4.78 is 0. The van der Waals surface area contributed by atoms with Crippen molar-refractivity contribution in [3.05, 3.63) is 35.4 Å². The number of aryl methyl sites for hydroxylation is 1. The Hall–Kier alpha value is -1.35. The number of amides is 1. The molecule has 2 fully saturated rings. The number of carbonyl (C=O) groups excluding carboxylic acids is 1. The first-order valence-corrected chi connectivity index (χ1v) is 9.29. The first kappa shape index (κ1) is 16.5. The molecule has 1 amide bonds. The Balaban J connectivity index is 1.46. The van der Waals surface area contributed by atoms with Gasteiger partial charge in [0.1, 0.15) is 6.54 Å². The number of hydrogen-bond donors (Lipinski definition) is 1. The third-order valence-corrected chi connectivity index (χ3v) is 5.71. The van der Waals surface area contributed by atoms with Crippen LogP contribution in [-0.4, -0.2) is 37.0 Å². The van der Waals surface area contributed by atoms with Gasteiger partial charge in [-0.15, -0.1) is 0 Å². The molecule has 2 saturated heterocycles. The van der Waals surface area contributed by atoms with Crippen LogP contribution < -0.4 is 4.90 Å². The molecule has 126 valence electrons. The smallest absolute Gasteiger partial charge is 0.226 e. The van der Waals surface area contributed by atoms with E-state index in [9.17, 15) is 4.79 Å². The van der Waals surface area contributed by atoms with E-state index in [-0.39, 0.29) is 5.92 Å². The van der Waals surface area contributed by atoms with Gasteiger partial charge in [0.05, 0.1) is 13.1 Å². The second-order valence-corrected chi connectivity index (χ2v) is 7.69. The van der Waals surface area contributed by atoms with Crippen molar-refractivity contribution in [3.8, 4) is 0 Å². The predicted molar refractivity (Wildman–Crippen MR) is 93.3 cm³/mol. The van der Waals surface area contributed by atoms with Crippen LogP contribution in [0.1, 0.15) is 43.7 Å². The van der Waals surface area contributed by atoms with Gasteiger partial charge in [-0.3, -0.25) is 4.79 Å². The molecular weight excluding hydrogens is 284 g/mol. The van der Waals surface area contributed by atoms with Crippen molar-refractivity contribution in [2.45, 2.75) is 46.1 Å². The fourth-order valence-electron chi connectivity index (χ4n) is 3.93. The van der Waals surface area contributed by atoms with Crippen molar-refractivity contribution >= 4 is 5.91 Å². The van der Waals surface area contributed by atoms with Crippen LogP contribution in [-0.2, 0) is 11.3 Å². The summed E-state index contributed by atoms with van der Waals surface area (Å²) in [4.78, 5) is 16.4. The van der Waals surface area contributed by atoms with Crippen molar-refractivity contribution in [2.75, 3.05) is 26.2 Å². The topological polar surface area (TPSA) is 24.8 Å². The second-order valence-electron chi connectivity index (χ2n) is 7.69. The number of nitrogens with one attached hydrogen (secondary N) is 1. The quantitative estimate of drug-likeness (QED) is 0.907. The Morgan fingerprint density at radius 2 is 1.70 bits per heavy atom.